The summed E-state index contributed by atoms with van der Waals surface area (Å²) in [6.45, 7) is 6.33. The van der Waals surface area contributed by atoms with Gasteiger partial charge in [-0.3, -0.25) is 4.90 Å². The van der Waals surface area contributed by atoms with Crippen molar-refractivity contribution in [3.05, 3.63) is 45.6 Å². The van der Waals surface area contributed by atoms with Crippen LogP contribution in [0.4, 0.5) is 0 Å². The Balaban J connectivity index is 1.79. The molecule has 0 bridgehead atoms. The molecule has 1 aliphatic rings. The van der Waals surface area contributed by atoms with Gasteiger partial charge in [0, 0.05) is 11.4 Å². The number of aromatic hydroxyl groups is 1. The molecule has 5 nitrogen and oxygen atoms in total. The smallest absolute Gasteiger partial charge is 0.230 e. The van der Waals surface area contributed by atoms with Crippen LogP contribution < -0.4 is 0 Å². The summed E-state index contributed by atoms with van der Waals surface area (Å²) in [5.74, 6) is 1.69. The number of aryl methyl sites for hydroxylation is 1. The fourth-order valence-electron chi connectivity index (χ4n) is 3.61. The Morgan fingerprint density at radius 2 is 2.12 bits per heavy atom. The molecular formula is C19H23ClN4OS. The molecule has 26 heavy (non-hydrogen) atoms. The second-order valence-corrected chi connectivity index (χ2v) is 8.49. The van der Waals surface area contributed by atoms with Crippen LogP contribution in [0.1, 0.15) is 49.0 Å². The van der Waals surface area contributed by atoms with E-state index in [1.165, 1.54) is 24.2 Å². The van der Waals surface area contributed by atoms with Crippen molar-refractivity contribution in [2.75, 3.05) is 13.1 Å². The number of piperidine rings is 1. The van der Waals surface area contributed by atoms with Gasteiger partial charge in [0.15, 0.2) is 5.82 Å². The molecule has 0 radical (unpaired) electrons. The fraction of sp³-hybridized carbons (Fsp3) is 0.474. The van der Waals surface area contributed by atoms with Gasteiger partial charge in [-0.05, 0) is 49.5 Å². The summed E-state index contributed by atoms with van der Waals surface area (Å²) in [5.41, 5.74) is 1.10. The molecule has 1 unspecified atom stereocenters. The van der Waals surface area contributed by atoms with Crippen molar-refractivity contribution in [3.8, 4) is 5.88 Å². The molecule has 7 heteroatoms. The molecule has 0 aliphatic carbocycles. The monoisotopic (exact) mass is 390 g/mol. The van der Waals surface area contributed by atoms with E-state index in [2.05, 4.69) is 28.0 Å². The average molecular weight is 391 g/mol. The number of rotatable bonds is 4. The number of thiazole rings is 1. The lowest BCUT2D eigenvalue weighted by Gasteiger charge is -2.36. The summed E-state index contributed by atoms with van der Waals surface area (Å²) in [7, 11) is 0. The Hall–Kier alpha value is -1.63. The van der Waals surface area contributed by atoms with E-state index in [1.807, 2.05) is 25.1 Å². The van der Waals surface area contributed by atoms with Crippen LogP contribution in [0.5, 0.6) is 5.88 Å². The molecule has 1 fully saturated rings. The minimum Gasteiger partial charge on any atom is -0.492 e. The molecule has 1 atom stereocenters. The quantitative estimate of drug-likeness (QED) is 0.710. The van der Waals surface area contributed by atoms with Crippen LogP contribution in [0.2, 0.25) is 5.02 Å². The molecule has 0 amide bonds. The lowest BCUT2D eigenvalue weighted by atomic mass is 9.95. The number of hydrogen-bond acceptors (Lipinski definition) is 5. The van der Waals surface area contributed by atoms with E-state index in [4.69, 9.17) is 11.6 Å². The molecule has 1 saturated heterocycles. The Morgan fingerprint density at radius 3 is 2.77 bits per heavy atom. The standard InChI is InChI=1S/C19H23ClN4OS/c1-3-15-21-19-24(22-15)18(25)17(26-19)16(13-5-4-6-14(20)11-13)23-9-7-12(2)8-10-23/h4-6,11-12,16,25H,3,7-10H2,1-2H3. The second-order valence-electron chi connectivity index (χ2n) is 7.04. The summed E-state index contributed by atoms with van der Waals surface area (Å²) in [6.07, 6.45) is 3.09. The van der Waals surface area contributed by atoms with E-state index >= 15 is 0 Å². The van der Waals surface area contributed by atoms with Gasteiger partial charge in [-0.1, -0.05) is 48.9 Å². The minimum absolute atomic E-state index is 0.0280. The number of nitrogens with zero attached hydrogens (tertiary/aromatic N) is 4. The zero-order valence-corrected chi connectivity index (χ0v) is 16.6. The Bertz CT molecular complexity index is 914. The van der Waals surface area contributed by atoms with Crippen LogP contribution in [-0.4, -0.2) is 37.7 Å². The average Bonchev–Trinajstić information content (AvgIpc) is 3.17. The highest BCUT2D eigenvalue weighted by Crippen LogP contribution is 2.41. The SMILES string of the molecule is CCc1nc2sc(C(c3cccc(Cl)c3)N3CCC(C)CC3)c(O)n2n1. The number of benzene rings is 1. The van der Waals surface area contributed by atoms with Crippen LogP contribution in [0.15, 0.2) is 24.3 Å². The summed E-state index contributed by atoms with van der Waals surface area (Å²) in [4.78, 5) is 8.60. The van der Waals surface area contributed by atoms with E-state index in [0.29, 0.717) is 5.02 Å². The molecule has 4 rings (SSSR count). The molecule has 3 aromatic rings. The Morgan fingerprint density at radius 1 is 1.35 bits per heavy atom. The molecule has 0 saturated carbocycles. The van der Waals surface area contributed by atoms with Gasteiger partial charge in [0.2, 0.25) is 10.8 Å². The highest BCUT2D eigenvalue weighted by molar-refractivity contribution is 7.17. The fourth-order valence-corrected chi connectivity index (χ4v) is 4.94. The van der Waals surface area contributed by atoms with E-state index in [-0.39, 0.29) is 11.9 Å². The Labute approximate surface area is 162 Å². The maximum absolute atomic E-state index is 10.9. The molecular weight excluding hydrogens is 368 g/mol. The van der Waals surface area contributed by atoms with Crippen molar-refractivity contribution in [1.29, 1.82) is 0 Å². The van der Waals surface area contributed by atoms with Gasteiger partial charge in [0.25, 0.3) is 0 Å². The third kappa shape index (κ3) is 3.21. The molecule has 138 valence electrons. The number of hydrogen-bond donors (Lipinski definition) is 1. The Kier molecular flexibility index (Phi) is 4.90. The predicted molar refractivity (Wildman–Crippen MR) is 105 cm³/mol. The van der Waals surface area contributed by atoms with Gasteiger partial charge in [-0.25, -0.2) is 4.98 Å². The van der Waals surface area contributed by atoms with Crippen LogP contribution in [0, 0.1) is 5.92 Å². The molecule has 3 heterocycles. The highest BCUT2D eigenvalue weighted by atomic mass is 35.5. The predicted octanol–water partition coefficient (Wildman–Crippen LogP) is 4.53. The molecule has 2 aromatic heterocycles. The maximum Gasteiger partial charge on any atom is 0.230 e. The van der Waals surface area contributed by atoms with Gasteiger partial charge >= 0.3 is 0 Å². The van der Waals surface area contributed by atoms with Crippen LogP contribution in [0.25, 0.3) is 4.96 Å². The minimum atomic E-state index is -0.0280. The maximum atomic E-state index is 10.9. The van der Waals surface area contributed by atoms with Crippen LogP contribution in [-0.2, 0) is 6.42 Å². The topological polar surface area (TPSA) is 53.7 Å². The van der Waals surface area contributed by atoms with Crippen molar-refractivity contribution in [1.82, 2.24) is 19.5 Å². The first-order chi connectivity index (χ1) is 12.6. The molecule has 1 N–H and O–H groups in total. The summed E-state index contributed by atoms with van der Waals surface area (Å²) < 4.78 is 1.57. The lowest BCUT2D eigenvalue weighted by Crippen LogP contribution is -2.36. The van der Waals surface area contributed by atoms with Gasteiger partial charge in [0.05, 0.1) is 10.9 Å². The number of aromatic nitrogens is 3. The van der Waals surface area contributed by atoms with Crippen LogP contribution >= 0.6 is 22.9 Å². The van der Waals surface area contributed by atoms with E-state index < -0.39 is 0 Å². The van der Waals surface area contributed by atoms with Gasteiger partial charge in [-0.2, -0.15) is 4.52 Å². The second kappa shape index (κ2) is 7.18. The number of fused-ring (bicyclic) bond motifs is 1. The summed E-state index contributed by atoms with van der Waals surface area (Å²) in [5, 5.41) is 16.0. The normalized spacial score (nSPS) is 17.8. The highest BCUT2D eigenvalue weighted by Gasteiger charge is 2.31. The van der Waals surface area contributed by atoms with Gasteiger partial charge in [-0.15, -0.1) is 5.10 Å². The third-order valence-corrected chi connectivity index (χ3v) is 6.46. The first-order valence-electron chi connectivity index (χ1n) is 9.13. The van der Waals surface area contributed by atoms with Crippen molar-refractivity contribution >= 4 is 27.9 Å². The molecule has 1 aromatic carbocycles. The van der Waals surface area contributed by atoms with E-state index in [9.17, 15) is 5.11 Å². The first-order valence-corrected chi connectivity index (χ1v) is 10.3. The largest absolute Gasteiger partial charge is 0.492 e. The van der Waals surface area contributed by atoms with Gasteiger partial charge < -0.3 is 5.11 Å². The summed E-state index contributed by atoms with van der Waals surface area (Å²) >= 11 is 7.79. The molecule has 1 aliphatic heterocycles. The van der Waals surface area contributed by atoms with Crippen molar-refractivity contribution in [2.24, 2.45) is 5.92 Å². The van der Waals surface area contributed by atoms with Crippen molar-refractivity contribution < 1.29 is 5.11 Å². The van der Waals surface area contributed by atoms with Crippen molar-refractivity contribution in [2.45, 2.75) is 39.2 Å². The first kappa shape index (κ1) is 17.8. The van der Waals surface area contributed by atoms with Gasteiger partial charge in [0.1, 0.15) is 0 Å². The number of likely N-dealkylation sites (tertiary alicyclic amines) is 1. The third-order valence-electron chi connectivity index (χ3n) is 5.16. The zero-order chi connectivity index (χ0) is 18.3. The molecule has 0 spiro atoms. The zero-order valence-electron chi connectivity index (χ0n) is 15.0. The van der Waals surface area contributed by atoms with E-state index in [1.54, 1.807) is 4.52 Å². The number of halogens is 1. The summed E-state index contributed by atoms with van der Waals surface area (Å²) in [6, 6.07) is 7.91. The van der Waals surface area contributed by atoms with Crippen molar-refractivity contribution in [3.63, 3.8) is 0 Å². The lowest BCUT2D eigenvalue weighted by molar-refractivity contribution is 0.157. The van der Waals surface area contributed by atoms with E-state index in [0.717, 1.165) is 46.7 Å². The van der Waals surface area contributed by atoms with Crippen LogP contribution in [0.3, 0.4) is 0 Å².